The second-order valence-electron chi connectivity index (χ2n) is 5.30. The van der Waals surface area contributed by atoms with Crippen molar-refractivity contribution >= 4 is 11.6 Å². The maximum absolute atomic E-state index is 9.14. The molecule has 0 saturated carbocycles. The Labute approximate surface area is 108 Å². The van der Waals surface area contributed by atoms with Crippen LogP contribution >= 0.6 is 11.6 Å². The number of ether oxygens (including phenoxy) is 1. The van der Waals surface area contributed by atoms with Crippen molar-refractivity contribution in [2.75, 3.05) is 6.61 Å². The summed E-state index contributed by atoms with van der Waals surface area (Å²) in [5.41, 5.74) is 0.905. The molecule has 0 spiro atoms. The number of hydrogen-bond acceptors (Lipinski definition) is 2. The molecule has 0 aliphatic carbocycles. The van der Waals surface area contributed by atoms with E-state index in [1.807, 2.05) is 24.3 Å². The van der Waals surface area contributed by atoms with E-state index in [1.54, 1.807) is 0 Å². The average Bonchev–Trinajstić information content (AvgIpc) is 2.55. The Bertz CT molecular complexity index is 390. The van der Waals surface area contributed by atoms with Crippen LogP contribution < -0.4 is 0 Å². The number of benzene rings is 1. The topological polar surface area (TPSA) is 29.5 Å². The molecular weight excluding hydrogens is 236 g/mol. The second-order valence-corrected chi connectivity index (χ2v) is 5.70. The number of hydrogen-bond donors (Lipinski definition) is 1. The molecule has 1 aromatic rings. The summed E-state index contributed by atoms with van der Waals surface area (Å²) in [5, 5.41) is 9.89. The fourth-order valence-corrected chi connectivity index (χ4v) is 2.91. The Hall–Kier alpha value is -0.570. The fourth-order valence-electron chi connectivity index (χ4n) is 2.67. The van der Waals surface area contributed by atoms with Crippen LogP contribution in [0.25, 0.3) is 0 Å². The normalized spacial score (nSPS) is 27.3. The highest BCUT2D eigenvalue weighted by molar-refractivity contribution is 6.31. The lowest BCUT2D eigenvalue weighted by Gasteiger charge is -2.21. The molecule has 1 aliphatic rings. The van der Waals surface area contributed by atoms with Crippen LogP contribution in [0.4, 0.5) is 0 Å². The predicted molar refractivity (Wildman–Crippen MR) is 69.2 cm³/mol. The lowest BCUT2D eigenvalue weighted by atomic mass is 9.89. The Balaban J connectivity index is 2.27. The van der Waals surface area contributed by atoms with Crippen molar-refractivity contribution in [1.82, 2.24) is 0 Å². The Morgan fingerprint density at radius 3 is 2.76 bits per heavy atom. The van der Waals surface area contributed by atoms with E-state index in [4.69, 9.17) is 21.4 Å². The van der Waals surface area contributed by atoms with Gasteiger partial charge in [-0.25, -0.2) is 0 Å². The molecule has 17 heavy (non-hydrogen) atoms. The van der Waals surface area contributed by atoms with Crippen molar-refractivity contribution in [2.45, 2.75) is 38.4 Å². The van der Waals surface area contributed by atoms with Crippen LogP contribution in [0, 0.1) is 5.92 Å². The molecule has 0 unspecified atom stereocenters. The molecule has 2 rings (SSSR count). The second kappa shape index (κ2) is 4.97. The predicted octanol–water partition coefficient (Wildman–Crippen LogP) is 3.58. The Morgan fingerprint density at radius 1 is 1.41 bits per heavy atom. The average molecular weight is 255 g/mol. The van der Waals surface area contributed by atoms with Gasteiger partial charge in [-0.05, 0) is 44.2 Å². The van der Waals surface area contributed by atoms with Crippen LogP contribution in [0.5, 0.6) is 0 Å². The number of aliphatic hydroxyl groups is 1. The Morgan fingerprint density at radius 2 is 2.12 bits per heavy atom. The van der Waals surface area contributed by atoms with E-state index in [9.17, 15) is 0 Å². The minimum atomic E-state index is -0.135. The summed E-state index contributed by atoms with van der Waals surface area (Å²) in [7, 11) is 0. The van der Waals surface area contributed by atoms with Gasteiger partial charge in [0.2, 0.25) is 0 Å². The summed E-state index contributed by atoms with van der Waals surface area (Å²) in [4.78, 5) is 0. The molecule has 0 radical (unpaired) electrons. The van der Waals surface area contributed by atoms with Gasteiger partial charge in [-0.3, -0.25) is 0 Å². The molecule has 0 aromatic heterocycles. The summed E-state index contributed by atoms with van der Waals surface area (Å²) in [6, 6.07) is 7.80. The molecule has 0 amide bonds. The summed E-state index contributed by atoms with van der Waals surface area (Å²) in [6.45, 7) is 4.38. The van der Waals surface area contributed by atoms with Gasteiger partial charge >= 0.3 is 0 Å². The van der Waals surface area contributed by atoms with E-state index in [0.29, 0.717) is 5.92 Å². The maximum Gasteiger partial charge on any atom is 0.0876 e. The Kier molecular flexibility index (Phi) is 3.76. The molecule has 0 bridgehead atoms. The quantitative estimate of drug-likeness (QED) is 0.894. The molecule has 94 valence electrons. The van der Waals surface area contributed by atoms with E-state index in [-0.39, 0.29) is 18.3 Å². The largest absolute Gasteiger partial charge is 0.396 e. The van der Waals surface area contributed by atoms with Gasteiger partial charge in [0.25, 0.3) is 0 Å². The van der Waals surface area contributed by atoms with Crippen LogP contribution in [-0.2, 0) is 4.74 Å². The molecular formula is C14H19ClO2. The van der Waals surface area contributed by atoms with Gasteiger partial charge < -0.3 is 9.84 Å². The van der Waals surface area contributed by atoms with Crippen molar-refractivity contribution < 1.29 is 9.84 Å². The van der Waals surface area contributed by atoms with Crippen molar-refractivity contribution in [3.05, 3.63) is 34.9 Å². The smallest absolute Gasteiger partial charge is 0.0876 e. The molecule has 2 nitrogen and oxygen atoms in total. The van der Waals surface area contributed by atoms with Crippen molar-refractivity contribution in [3.63, 3.8) is 0 Å². The number of aliphatic hydroxyl groups excluding tert-OH is 1. The van der Waals surface area contributed by atoms with Gasteiger partial charge in [0, 0.05) is 11.6 Å². The first-order valence-electron chi connectivity index (χ1n) is 6.06. The first-order chi connectivity index (χ1) is 8.03. The van der Waals surface area contributed by atoms with Crippen molar-refractivity contribution in [2.24, 2.45) is 5.92 Å². The maximum atomic E-state index is 9.14. The first-order valence-corrected chi connectivity index (χ1v) is 6.44. The van der Waals surface area contributed by atoms with E-state index >= 15 is 0 Å². The fraction of sp³-hybridized carbons (Fsp3) is 0.571. The van der Waals surface area contributed by atoms with Crippen LogP contribution in [0.3, 0.4) is 0 Å². The third kappa shape index (κ3) is 2.82. The van der Waals surface area contributed by atoms with Gasteiger partial charge in [0.05, 0.1) is 11.7 Å². The summed E-state index contributed by atoms with van der Waals surface area (Å²) in [6.07, 6.45) is 1.73. The zero-order chi connectivity index (χ0) is 12.5. The van der Waals surface area contributed by atoms with E-state index in [2.05, 4.69) is 13.8 Å². The number of rotatable bonds is 3. The van der Waals surface area contributed by atoms with Gasteiger partial charge in [-0.2, -0.15) is 0 Å². The lowest BCUT2D eigenvalue weighted by Crippen LogP contribution is -2.17. The van der Waals surface area contributed by atoms with Crippen LogP contribution in [0.2, 0.25) is 5.02 Å². The highest BCUT2D eigenvalue weighted by Gasteiger charge is 2.41. The van der Waals surface area contributed by atoms with Crippen molar-refractivity contribution in [3.8, 4) is 0 Å². The standard InChI is InChI=1S/C14H19ClO2/c1-14(2)9-10(7-8-16)13(17-14)11-5-3-4-6-12(11)15/h3-6,10,13,16H,7-9H2,1-2H3/t10-,13-/m1/s1. The lowest BCUT2D eigenvalue weighted by molar-refractivity contribution is -0.0234. The summed E-state index contributed by atoms with van der Waals surface area (Å²) < 4.78 is 6.09. The third-order valence-electron chi connectivity index (χ3n) is 3.34. The monoisotopic (exact) mass is 254 g/mol. The van der Waals surface area contributed by atoms with Crippen LogP contribution in [-0.4, -0.2) is 17.3 Å². The molecule has 1 heterocycles. The number of halogens is 1. The van der Waals surface area contributed by atoms with Crippen molar-refractivity contribution in [1.29, 1.82) is 0 Å². The minimum absolute atomic E-state index is 0.00542. The minimum Gasteiger partial charge on any atom is -0.396 e. The highest BCUT2D eigenvalue weighted by atomic mass is 35.5. The summed E-state index contributed by atoms with van der Waals surface area (Å²) >= 11 is 6.22. The molecule has 1 aromatic carbocycles. The van der Waals surface area contributed by atoms with E-state index in [0.717, 1.165) is 23.4 Å². The summed E-state index contributed by atoms with van der Waals surface area (Å²) in [5.74, 6) is 0.342. The molecule has 1 aliphatic heterocycles. The third-order valence-corrected chi connectivity index (χ3v) is 3.68. The van der Waals surface area contributed by atoms with Crippen LogP contribution in [0.1, 0.15) is 38.4 Å². The molecule has 3 heteroatoms. The zero-order valence-corrected chi connectivity index (χ0v) is 11.1. The van der Waals surface area contributed by atoms with Gasteiger partial charge in [-0.15, -0.1) is 0 Å². The van der Waals surface area contributed by atoms with E-state index in [1.165, 1.54) is 0 Å². The van der Waals surface area contributed by atoms with E-state index < -0.39 is 0 Å². The van der Waals surface area contributed by atoms with Crippen LogP contribution in [0.15, 0.2) is 24.3 Å². The zero-order valence-electron chi connectivity index (χ0n) is 10.3. The van der Waals surface area contributed by atoms with Gasteiger partial charge in [-0.1, -0.05) is 29.8 Å². The molecule has 1 fully saturated rings. The first kappa shape index (κ1) is 12.9. The highest BCUT2D eigenvalue weighted by Crippen LogP contribution is 2.46. The molecule has 1 saturated heterocycles. The molecule has 2 atom stereocenters. The van der Waals surface area contributed by atoms with Gasteiger partial charge in [0.15, 0.2) is 0 Å². The van der Waals surface area contributed by atoms with Gasteiger partial charge in [0.1, 0.15) is 0 Å². The molecule has 1 N–H and O–H groups in total. The SMILES string of the molecule is CC1(C)C[C@@H](CCO)[C@H](c2ccccc2Cl)O1.